The van der Waals surface area contributed by atoms with E-state index >= 15 is 0 Å². The molecule has 0 spiro atoms. The van der Waals surface area contributed by atoms with E-state index in [1.165, 1.54) is 27.4 Å². The zero-order chi connectivity index (χ0) is 43.0. The molecular weight excluding hydrogens is 963 g/mol. The first-order valence-corrected chi connectivity index (χ1v) is 24.9. The van der Waals surface area contributed by atoms with Crippen LogP contribution in [0.1, 0.15) is 31.9 Å². The third kappa shape index (κ3) is 9.17. The number of rotatable bonds is 7. The average molecular weight is 1010 g/mol. The summed E-state index contributed by atoms with van der Waals surface area (Å²) in [5.41, 5.74) is 15.2. The number of furan rings is 1. The summed E-state index contributed by atoms with van der Waals surface area (Å²) in [6.45, 7) is 16.2. The third-order valence-corrected chi connectivity index (χ3v) is 13.4. The van der Waals surface area contributed by atoms with Gasteiger partial charge in [-0.3, -0.25) is 4.98 Å². The second kappa shape index (κ2) is 17.9. The fourth-order valence-corrected chi connectivity index (χ4v) is 9.96. The Labute approximate surface area is 386 Å². The molecule has 0 aliphatic rings. The van der Waals surface area contributed by atoms with Crippen LogP contribution in [0.2, 0.25) is 19.6 Å². The maximum Gasteiger partial charge on any atom is 0.120 e. The normalized spacial score (nSPS) is 11.7. The van der Waals surface area contributed by atoms with Gasteiger partial charge in [-0.05, 0) is 69.7 Å². The van der Waals surface area contributed by atoms with Crippen LogP contribution >= 0.6 is 0 Å². The van der Waals surface area contributed by atoms with Gasteiger partial charge in [-0.15, -0.1) is 53.6 Å². The summed E-state index contributed by atoms with van der Waals surface area (Å²) in [5, 5.41) is 3.64. The first-order valence-electron chi connectivity index (χ1n) is 21.4. The minimum absolute atomic E-state index is 0. The van der Waals surface area contributed by atoms with Crippen molar-refractivity contribution in [2.24, 2.45) is 5.41 Å². The molecule has 0 atom stereocenters. The quantitative estimate of drug-likeness (QED) is 0.118. The van der Waals surface area contributed by atoms with E-state index in [1.54, 1.807) is 0 Å². The van der Waals surface area contributed by atoms with Crippen molar-refractivity contribution in [3.8, 4) is 50.6 Å². The summed E-state index contributed by atoms with van der Waals surface area (Å²) in [6.07, 6.45) is 3.21. The Morgan fingerprint density at radius 3 is 2.10 bits per heavy atom. The van der Waals surface area contributed by atoms with Crippen molar-refractivity contribution in [3.63, 3.8) is 0 Å². The fraction of sp³-hybridized carbons (Fsp3) is 0.158. The molecule has 1 radical (unpaired) electrons. The molecule has 0 saturated carbocycles. The number of nitrogens with zero attached hydrogens (tertiary/aromatic N) is 3. The summed E-state index contributed by atoms with van der Waals surface area (Å²) in [7, 11) is -1.38. The zero-order valence-electron chi connectivity index (χ0n) is 37.0. The van der Waals surface area contributed by atoms with Crippen molar-refractivity contribution in [1.29, 1.82) is 0 Å². The van der Waals surface area contributed by atoms with Crippen molar-refractivity contribution >= 4 is 46.2 Å². The molecule has 0 amide bonds. The largest absolute Gasteiger partial charge is 0.501 e. The Balaban J connectivity index is 0.000000203. The molecule has 0 fully saturated rings. The summed E-state index contributed by atoms with van der Waals surface area (Å²) in [6, 6.07) is 63.7. The summed E-state index contributed by atoms with van der Waals surface area (Å²) in [4.78, 5) is 9.91. The van der Waals surface area contributed by atoms with E-state index in [0.29, 0.717) is 0 Å². The average Bonchev–Trinajstić information content (AvgIpc) is 3.85. The van der Waals surface area contributed by atoms with E-state index in [-0.39, 0.29) is 25.5 Å². The third-order valence-electron chi connectivity index (χ3n) is 11.3. The van der Waals surface area contributed by atoms with Gasteiger partial charge in [0.2, 0.25) is 0 Å². The van der Waals surface area contributed by atoms with Crippen molar-refractivity contribution in [2.45, 2.75) is 53.8 Å². The molecule has 0 N–H and O–H groups in total. The maximum atomic E-state index is 6.43. The van der Waals surface area contributed by atoms with Gasteiger partial charge in [0.05, 0.1) is 30.5 Å². The molecule has 4 nitrogen and oxygen atoms in total. The molecule has 0 bridgehead atoms. The van der Waals surface area contributed by atoms with Crippen molar-refractivity contribution in [3.05, 3.63) is 193 Å². The molecule has 10 aromatic rings. The number of para-hydroxylation sites is 3. The number of hydrogen-bond acceptors (Lipinski definition) is 3. The van der Waals surface area contributed by atoms with Crippen LogP contribution in [0.25, 0.3) is 83.6 Å². The van der Waals surface area contributed by atoms with E-state index < -0.39 is 8.07 Å². The molecule has 0 saturated heterocycles. The number of imidazole rings is 1. The van der Waals surface area contributed by atoms with Crippen molar-refractivity contribution in [1.82, 2.24) is 14.5 Å². The predicted octanol–water partition coefficient (Wildman–Crippen LogP) is 14.7. The molecular formula is C57H51IrN3OSi-2. The standard InChI is InChI=1S/C37H23N2O.C20H28NSi.Ir/c1-3-12-25(13-4-1)27-22-23-33(31(24-27)26-14-5-2-6-15-26)39-34-20-9-8-19-32(34)38-37(39)30-18-11-17-29-28-16-7-10-21-35(28)40-36(29)30;1-15-8-10-16(11-9-15)18-12-17(13-20(2,3)4)19(14-21-18)22(5,6)7;/h1-17,19-24H;8-10,12,14H,13H2,1-7H3;/q2*-1;. The molecule has 6 heteroatoms. The van der Waals surface area contributed by atoms with Gasteiger partial charge >= 0.3 is 0 Å². The summed E-state index contributed by atoms with van der Waals surface area (Å²) < 4.78 is 8.69. The van der Waals surface area contributed by atoms with Crippen molar-refractivity contribution in [2.75, 3.05) is 0 Å². The van der Waals surface area contributed by atoms with Crippen LogP contribution in [0.4, 0.5) is 0 Å². The Hall–Kier alpha value is -6.17. The van der Waals surface area contributed by atoms with E-state index in [4.69, 9.17) is 14.4 Å². The Bertz CT molecular complexity index is 3170. The van der Waals surface area contributed by atoms with E-state index in [1.807, 2.05) is 36.4 Å². The van der Waals surface area contributed by atoms with E-state index in [9.17, 15) is 0 Å². The van der Waals surface area contributed by atoms with Gasteiger partial charge < -0.3 is 14.0 Å². The zero-order valence-corrected chi connectivity index (χ0v) is 40.4. The Morgan fingerprint density at radius 2 is 1.38 bits per heavy atom. The van der Waals surface area contributed by atoms with Crippen LogP contribution in [0.5, 0.6) is 0 Å². The van der Waals surface area contributed by atoms with Gasteiger partial charge in [-0.1, -0.05) is 167 Å². The molecule has 0 aliphatic heterocycles. The number of aryl methyl sites for hydroxylation is 1. The molecule has 63 heavy (non-hydrogen) atoms. The number of aromatic nitrogens is 3. The Morgan fingerprint density at radius 1 is 0.683 bits per heavy atom. The van der Waals surface area contributed by atoms with Crippen molar-refractivity contribution < 1.29 is 24.5 Å². The maximum absolute atomic E-state index is 6.43. The second-order valence-electron chi connectivity index (χ2n) is 18.4. The molecule has 3 aromatic heterocycles. The van der Waals surface area contributed by atoms with Gasteiger partial charge in [0.25, 0.3) is 0 Å². The van der Waals surface area contributed by atoms with Crippen LogP contribution < -0.4 is 5.19 Å². The number of benzene rings is 7. The number of fused-ring (bicyclic) bond motifs is 4. The molecule has 10 rings (SSSR count). The molecule has 0 unspecified atom stereocenters. The van der Waals surface area contributed by atoms with E-state index in [0.717, 1.165) is 78.9 Å². The monoisotopic (exact) mass is 1010 g/mol. The van der Waals surface area contributed by atoms with Crippen LogP contribution in [-0.4, -0.2) is 22.6 Å². The number of pyridine rings is 1. The van der Waals surface area contributed by atoms with Gasteiger partial charge in [0, 0.05) is 42.9 Å². The minimum atomic E-state index is -1.38. The molecule has 7 aromatic carbocycles. The van der Waals surface area contributed by atoms with Crippen LogP contribution in [-0.2, 0) is 26.5 Å². The van der Waals surface area contributed by atoms with Crippen LogP contribution in [0.3, 0.4) is 0 Å². The summed E-state index contributed by atoms with van der Waals surface area (Å²) >= 11 is 0. The molecule has 3 heterocycles. The first-order chi connectivity index (χ1) is 29.9. The summed E-state index contributed by atoms with van der Waals surface area (Å²) in [5.74, 6) is 0.801. The smallest absolute Gasteiger partial charge is 0.120 e. The SMILES string of the molecule is Cc1c[c-]c(-c2cc(CC(C)(C)C)c([Si](C)(C)C)cn2)cc1.[Ir].[c-]1ccc2c(oc3ccccc32)c1-c1nc2ccccc2n1-c1ccc(-c2ccccc2)cc1-c1ccccc1. The fourth-order valence-electron chi connectivity index (χ4n) is 8.38. The van der Waals surface area contributed by atoms with Gasteiger partial charge in [0.1, 0.15) is 5.58 Å². The van der Waals surface area contributed by atoms with Gasteiger partial charge in [0.15, 0.2) is 0 Å². The number of hydrogen-bond donors (Lipinski definition) is 0. The van der Waals surface area contributed by atoms with E-state index in [2.05, 4.69) is 198 Å². The second-order valence-corrected chi connectivity index (χ2v) is 23.4. The van der Waals surface area contributed by atoms with Crippen LogP contribution in [0.15, 0.2) is 174 Å². The molecule has 315 valence electrons. The van der Waals surface area contributed by atoms with Crippen LogP contribution in [0, 0.1) is 24.5 Å². The Kier molecular flexibility index (Phi) is 12.4. The topological polar surface area (TPSA) is 43.9 Å². The minimum Gasteiger partial charge on any atom is -0.501 e. The first kappa shape index (κ1) is 43.5. The molecule has 0 aliphatic carbocycles. The predicted molar refractivity (Wildman–Crippen MR) is 263 cm³/mol. The van der Waals surface area contributed by atoms with Gasteiger partial charge in [-0.25, -0.2) is 0 Å². The van der Waals surface area contributed by atoms with Gasteiger partial charge in [-0.2, -0.15) is 0 Å².